The van der Waals surface area contributed by atoms with E-state index < -0.39 is 18.0 Å². The van der Waals surface area contributed by atoms with Gasteiger partial charge >= 0.3 is 11.9 Å². The summed E-state index contributed by atoms with van der Waals surface area (Å²) in [6.45, 7) is 7.91. The molecular weight excluding hydrogens is 528 g/mol. The largest absolute Gasteiger partial charge is 0.478 e. The van der Waals surface area contributed by atoms with Crippen LogP contribution in [0.5, 0.6) is 0 Å². The number of carboxylic acids is 1. The van der Waals surface area contributed by atoms with Crippen molar-refractivity contribution in [1.29, 1.82) is 0 Å². The molecule has 0 bridgehead atoms. The zero-order valence-electron chi connectivity index (χ0n) is 22.5. The lowest BCUT2D eigenvalue weighted by Gasteiger charge is -2.25. The summed E-state index contributed by atoms with van der Waals surface area (Å²) in [5, 5.41) is 9.30. The molecule has 2 aromatic heterocycles. The van der Waals surface area contributed by atoms with Gasteiger partial charge in [-0.25, -0.2) is 14.6 Å². The minimum absolute atomic E-state index is 0.151. The van der Waals surface area contributed by atoms with Gasteiger partial charge in [-0.2, -0.15) is 0 Å². The Balaban J connectivity index is 1.61. The summed E-state index contributed by atoms with van der Waals surface area (Å²) in [4.78, 5) is 43.3. The average Bonchev–Trinajstić information content (AvgIpc) is 3.52. The van der Waals surface area contributed by atoms with E-state index in [1.54, 1.807) is 48.8 Å². The number of hydrogen-bond donors (Lipinski definition) is 1. The van der Waals surface area contributed by atoms with Crippen molar-refractivity contribution in [1.82, 2.24) is 4.57 Å². The number of carboxylic acid groups (broad SMARTS) is 1. The summed E-state index contributed by atoms with van der Waals surface area (Å²) in [5.74, 6) is -0.288. The molecule has 2 aromatic carbocycles. The Labute approximate surface area is 234 Å². The fourth-order valence-electron chi connectivity index (χ4n) is 4.69. The first-order valence-corrected chi connectivity index (χ1v) is 13.7. The molecule has 0 amide bonds. The van der Waals surface area contributed by atoms with Gasteiger partial charge in [0.05, 0.1) is 34.0 Å². The van der Waals surface area contributed by atoms with Gasteiger partial charge in [-0.1, -0.05) is 61.6 Å². The molecule has 1 aliphatic rings. The average molecular weight is 557 g/mol. The van der Waals surface area contributed by atoms with Crippen molar-refractivity contribution in [3.63, 3.8) is 0 Å². The van der Waals surface area contributed by atoms with Crippen LogP contribution >= 0.6 is 11.3 Å². The van der Waals surface area contributed by atoms with Gasteiger partial charge < -0.3 is 14.3 Å². The van der Waals surface area contributed by atoms with Crippen molar-refractivity contribution in [3.05, 3.63) is 114 Å². The maximum atomic E-state index is 13.8. The summed E-state index contributed by atoms with van der Waals surface area (Å²) < 4.78 is 13.2. The number of furan rings is 1. The van der Waals surface area contributed by atoms with Gasteiger partial charge in [0, 0.05) is 11.6 Å². The zero-order valence-corrected chi connectivity index (χ0v) is 23.3. The number of carbonyl (C=O) groups excluding carboxylic acids is 1. The van der Waals surface area contributed by atoms with E-state index in [0.29, 0.717) is 43.6 Å². The molecule has 0 saturated carbocycles. The minimum Gasteiger partial charge on any atom is -0.478 e. The van der Waals surface area contributed by atoms with Crippen molar-refractivity contribution in [2.45, 2.75) is 39.7 Å². The van der Waals surface area contributed by atoms with Crippen LogP contribution in [0.4, 0.5) is 0 Å². The molecule has 0 saturated heterocycles. The molecule has 0 radical (unpaired) electrons. The highest BCUT2D eigenvalue weighted by Gasteiger charge is 2.33. The molecule has 5 rings (SSSR count). The maximum absolute atomic E-state index is 13.8. The molecular formula is C31H28N2O6S. The zero-order chi connectivity index (χ0) is 28.6. The Morgan fingerprint density at radius 2 is 1.90 bits per heavy atom. The van der Waals surface area contributed by atoms with Crippen molar-refractivity contribution in [3.8, 4) is 11.3 Å². The summed E-state index contributed by atoms with van der Waals surface area (Å²) in [6.07, 6.45) is 1.64. The maximum Gasteiger partial charge on any atom is 0.338 e. The number of thiazole rings is 1. The first-order valence-electron chi connectivity index (χ1n) is 12.9. The Morgan fingerprint density at radius 3 is 2.58 bits per heavy atom. The van der Waals surface area contributed by atoms with E-state index in [0.717, 1.165) is 11.1 Å². The number of aromatic carboxylic acids is 1. The summed E-state index contributed by atoms with van der Waals surface area (Å²) in [6, 6.07) is 17.1. The predicted molar refractivity (Wildman–Crippen MR) is 152 cm³/mol. The Kier molecular flexibility index (Phi) is 7.40. The van der Waals surface area contributed by atoms with E-state index in [-0.39, 0.29) is 17.7 Å². The number of hydrogen-bond acceptors (Lipinski definition) is 7. The second-order valence-electron chi connectivity index (χ2n) is 9.71. The molecule has 0 fully saturated rings. The smallest absolute Gasteiger partial charge is 0.338 e. The van der Waals surface area contributed by atoms with Crippen LogP contribution in [0.1, 0.15) is 66.9 Å². The number of carbonyl (C=O) groups is 2. The number of esters is 1. The molecule has 0 aliphatic carbocycles. The summed E-state index contributed by atoms with van der Waals surface area (Å²) >= 11 is 1.21. The lowest BCUT2D eigenvalue weighted by atomic mass is 9.93. The van der Waals surface area contributed by atoms with Gasteiger partial charge in [0.15, 0.2) is 4.80 Å². The van der Waals surface area contributed by atoms with Crippen LogP contribution < -0.4 is 14.9 Å². The van der Waals surface area contributed by atoms with Crippen molar-refractivity contribution in [2.24, 2.45) is 4.99 Å². The highest BCUT2D eigenvalue weighted by molar-refractivity contribution is 7.07. The van der Waals surface area contributed by atoms with E-state index in [9.17, 15) is 19.5 Å². The third kappa shape index (κ3) is 5.08. The van der Waals surface area contributed by atoms with Crippen molar-refractivity contribution in [2.75, 3.05) is 6.61 Å². The molecule has 1 unspecified atom stereocenters. The molecule has 1 aliphatic heterocycles. The molecule has 1 N–H and O–H groups in total. The second-order valence-corrected chi connectivity index (χ2v) is 10.7. The Hall–Kier alpha value is -4.50. The fourth-order valence-corrected chi connectivity index (χ4v) is 5.72. The molecule has 9 heteroatoms. The molecule has 4 aromatic rings. The van der Waals surface area contributed by atoms with Gasteiger partial charge in [-0.05, 0) is 55.2 Å². The highest BCUT2D eigenvalue weighted by Crippen LogP contribution is 2.31. The van der Waals surface area contributed by atoms with Gasteiger partial charge in [0.1, 0.15) is 11.5 Å². The van der Waals surface area contributed by atoms with Crippen LogP contribution in [-0.4, -0.2) is 28.2 Å². The normalized spacial score (nSPS) is 15.2. The van der Waals surface area contributed by atoms with E-state index in [2.05, 4.69) is 18.8 Å². The fraction of sp³-hybridized carbons (Fsp3) is 0.226. The molecule has 204 valence electrons. The number of aromatic nitrogens is 1. The molecule has 40 heavy (non-hydrogen) atoms. The Morgan fingerprint density at radius 1 is 1.15 bits per heavy atom. The number of ether oxygens (including phenoxy) is 1. The van der Waals surface area contributed by atoms with E-state index in [1.165, 1.54) is 23.5 Å². The summed E-state index contributed by atoms with van der Waals surface area (Å²) in [5.41, 5.74) is 3.23. The highest BCUT2D eigenvalue weighted by atomic mass is 32.1. The standard InChI is InChI=1S/C31H28N2O6S/c1-5-38-30(37)26-18(4)32-31-33(27(26)20-11-9-19(10-12-20)17(2)3)28(34)25(40-31)16-23-13-14-24(39-23)21-7-6-8-22(15-21)29(35)36/h6-17,27H,5H2,1-4H3,(H,35,36). The number of nitrogens with zero attached hydrogens (tertiary/aromatic N) is 2. The van der Waals surface area contributed by atoms with Crippen LogP contribution in [0.25, 0.3) is 17.4 Å². The number of allylic oxidation sites excluding steroid dienone is 1. The van der Waals surface area contributed by atoms with Gasteiger partial charge in [-0.3, -0.25) is 9.36 Å². The van der Waals surface area contributed by atoms with E-state index in [1.807, 2.05) is 24.3 Å². The van der Waals surface area contributed by atoms with Crippen LogP contribution in [-0.2, 0) is 9.53 Å². The lowest BCUT2D eigenvalue weighted by Crippen LogP contribution is -2.39. The Bertz CT molecular complexity index is 1820. The first-order chi connectivity index (χ1) is 19.2. The number of benzene rings is 2. The number of fused-ring (bicyclic) bond motifs is 1. The molecule has 3 heterocycles. The van der Waals surface area contributed by atoms with Crippen LogP contribution in [0.2, 0.25) is 0 Å². The SMILES string of the molecule is CCOC(=O)C1=C(C)N=c2sc(=Cc3ccc(-c4cccc(C(=O)O)c4)o3)c(=O)n2C1c1ccc(C(C)C)cc1. The molecule has 8 nitrogen and oxygen atoms in total. The second kappa shape index (κ2) is 10.9. The first kappa shape index (κ1) is 27.1. The van der Waals surface area contributed by atoms with Crippen molar-refractivity contribution >= 4 is 29.4 Å². The predicted octanol–water partition coefficient (Wildman–Crippen LogP) is 4.88. The third-order valence-corrected chi connectivity index (χ3v) is 7.71. The van der Waals surface area contributed by atoms with Gasteiger partial charge in [-0.15, -0.1) is 0 Å². The quantitative estimate of drug-likeness (QED) is 0.325. The molecule has 0 spiro atoms. The minimum atomic E-state index is -1.03. The molecule has 1 atom stereocenters. The van der Waals surface area contributed by atoms with Crippen molar-refractivity contribution < 1.29 is 23.8 Å². The van der Waals surface area contributed by atoms with Crippen LogP contribution in [0.15, 0.2) is 86.1 Å². The van der Waals surface area contributed by atoms with Crippen LogP contribution in [0, 0.1) is 0 Å². The number of rotatable bonds is 7. The van der Waals surface area contributed by atoms with E-state index >= 15 is 0 Å². The lowest BCUT2D eigenvalue weighted by molar-refractivity contribution is -0.139. The van der Waals surface area contributed by atoms with Crippen LogP contribution in [0.3, 0.4) is 0 Å². The summed E-state index contributed by atoms with van der Waals surface area (Å²) in [7, 11) is 0. The van der Waals surface area contributed by atoms with E-state index in [4.69, 9.17) is 9.15 Å². The van der Waals surface area contributed by atoms with Gasteiger partial charge in [0.2, 0.25) is 0 Å². The third-order valence-electron chi connectivity index (χ3n) is 6.73. The van der Waals surface area contributed by atoms with Gasteiger partial charge in [0.25, 0.3) is 5.56 Å². The topological polar surface area (TPSA) is 111 Å². The monoisotopic (exact) mass is 556 g/mol.